The van der Waals surface area contributed by atoms with Crippen LogP contribution < -0.4 is 10.6 Å². The molecule has 3 aromatic rings. The number of rotatable bonds is 4. The molecule has 0 aliphatic rings. The number of aromatic nitrogens is 2. The lowest BCUT2D eigenvalue weighted by Crippen LogP contribution is -2.04. The molecule has 2 aromatic heterocycles. The topological polar surface area (TPSA) is 63.0 Å². The number of hydrogen-bond acceptors (Lipinski definition) is 6. The minimum atomic E-state index is 0.412. The van der Waals surface area contributed by atoms with Gasteiger partial charge in [-0.25, -0.2) is 0 Å². The SMILES string of the molecule is CNCc1nnc(Nc2ccc3sccc3c2)o1. The van der Waals surface area contributed by atoms with E-state index >= 15 is 0 Å². The molecule has 0 saturated carbocycles. The molecule has 92 valence electrons. The van der Waals surface area contributed by atoms with Crippen LogP contribution in [0.1, 0.15) is 5.89 Å². The monoisotopic (exact) mass is 260 g/mol. The molecule has 0 unspecified atom stereocenters. The zero-order valence-electron chi connectivity index (χ0n) is 9.80. The van der Waals surface area contributed by atoms with Crippen molar-refractivity contribution in [3.8, 4) is 0 Å². The molecule has 0 bridgehead atoms. The minimum Gasteiger partial charge on any atom is -0.406 e. The van der Waals surface area contributed by atoms with E-state index in [1.807, 2.05) is 13.1 Å². The molecule has 0 fully saturated rings. The van der Waals surface area contributed by atoms with E-state index in [0.29, 0.717) is 18.5 Å². The molecule has 2 N–H and O–H groups in total. The van der Waals surface area contributed by atoms with Crippen LogP contribution in [-0.2, 0) is 6.54 Å². The van der Waals surface area contributed by atoms with E-state index in [1.165, 1.54) is 10.1 Å². The molecule has 2 heterocycles. The van der Waals surface area contributed by atoms with Crippen molar-refractivity contribution in [1.29, 1.82) is 0 Å². The number of anilines is 2. The highest BCUT2D eigenvalue weighted by Crippen LogP contribution is 2.25. The number of nitrogens with zero attached hydrogens (tertiary/aromatic N) is 2. The first-order valence-corrected chi connectivity index (χ1v) is 6.44. The van der Waals surface area contributed by atoms with Gasteiger partial charge in [-0.3, -0.25) is 0 Å². The van der Waals surface area contributed by atoms with Gasteiger partial charge >= 0.3 is 6.01 Å². The number of benzene rings is 1. The quantitative estimate of drug-likeness (QED) is 0.755. The van der Waals surface area contributed by atoms with Crippen molar-refractivity contribution in [1.82, 2.24) is 15.5 Å². The molecule has 0 aliphatic heterocycles. The van der Waals surface area contributed by atoms with E-state index < -0.39 is 0 Å². The summed E-state index contributed by atoms with van der Waals surface area (Å²) in [5, 5.41) is 17.2. The van der Waals surface area contributed by atoms with Crippen molar-refractivity contribution < 1.29 is 4.42 Å². The molecule has 0 amide bonds. The van der Waals surface area contributed by atoms with Crippen molar-refractivity contribution in [3.05, 3.63) is 35.5 Å². The standard InChI is InChI=1S/C12H12N4OS/c1-13-7-11-15-16-12(17-11)14-9-2-3-10-8(6-9)4-5-18-10/h2-6,13H,7H2,1H3,(H,14,16). The van der Waals surface area contributed by atoms with Gasteiger partial charge in [0.25, 0.3) is 0 Å². The van der Waals surface area contributed by atoms with Gasteiger partial charge in [-0.05, 0) is 42.1 Å². The summed E-state index contributed by atoms with van der Waals surface area (Å²) in [7, 11) is 1.84. The maximum atomic E-state index is 5.43. The maximum absolute atomic E-state index is 5.43. The van der Waals surface area contributed by atoms with Gasteiger partial charge in [0.2, 0.25) is 5.89 Å². The Bertz CT molecular complexity index is 661. The highest BCUT2D eigenvalue weighted by Gasteiger charge is 2.05. The van der Waals surface area contributed by atoms with Gasteiger partial charge < -0.3 is 15.1 Å². The van der Waals surface area contributed by atoms with Crippen LogP contribution >= 0.6 is 11.3 Å². The summed E-state index contributed by atoms with van der Waals surface area (Å²) < 4.78 is 6.69. The minimum absolute atomic E-state index is 0.412. The molecule has 3 rings (SSSR count). The normalized spacial score (nSPS) is 10.9. The predicted molar refractivity (Wildman–Crippen MR) is 72.2 cm³/mol. The molecule has 0 aliphatic carbocycles. The number of nitrogens with one attached hydrogen (secondary N) is 2. The molecule has 5 nitrogen and oxygen atoms in total. The summed E-state index contributed by atoms with van der Waals surface area (Å²) in [5.41, 5.74) is 0.945. The van der Waals surface area contributed by atoms with Crippen molar-refractivity contribution in [3.63, 3.8) is 0 Å². The Labute approximate surface area is 108 Å². The summed E-state index contributed by atoms with van der Waals surface area (Å²) in [4.78, 5) is 0. The van der Waals surface area contributed by atoms with Crippen molar-refractivity contribution in [2.45, 2.75) is 6.54 Å². The summed E-state index contributed by atoms with van der Waals surface area (Å²) in [6.07, 6.45) is 0. The van der Waals surface area contributed by atoms with Crippen LogP contribution in [0.5, 0.6) is 0 Å². The zero-order chi connectivity index (χ0) is 12.4. The van der Waals surface area contributed by atoms with Crippen molar-refractivity contribution >= 4 is 33.1 Å². The van der Waals surface area contributed by atoms with Crippen LogP contribution in [0.4, 0.5) is 11.7 Å². The van der Waals surface area contributed by atoms with E-state index in [4.69, 9.17) is 4.42 Å². The van der Waals surface area contributed by atoms with Gasteiger partial charge in [0.1, 0.15) is 0 Å². The molecule has 0 saturated heterocycles. The van der Waals surface area contributed by atoms with E-state index in [-0.39, 0.29) is 0 Å². The molecule has 18 heavy (non-hydrogen) atoms. The second kappa shape index (κ2) is 4.75. The van der Waals surface area contributed by atoms with Gasteiger partial charge in [0.05, 0.1) is 6.54 Å². The van der Waals surface area contributed by atoms with Gasteiger partial charge in [-0.15, -0.1) is 16.4 Å². The van der Waals surface area contributed by atoms with Crippen LogP contribution in [0, 0.1) is 0 Å². The summed E-state index contributed by atoms with van der Waals surface area (Å²) in [6, 6.07) is 8.64. The average molecular weight is 260 g/mol. The Kier molecular flexibility index (Phi) is 2.95. The Morgan fingerprint density at radius 1 is 1.28 bits per heavy atom. The van der Waals surface area contributed by atoms with E-state index in [0.717, 1.165) is 5.69 Å². The Hall–Kier alpha value is -1.92. The molecule has 6 heteroatoms. The fourth-order valence-electron chi connectivity index (χ4n) is 1.69. The first-order chi connectivity index (χ1) is 8.85. The molecule has 0 radical (unpaired) electrons. The summed E-state index contributed by atoms with van der Waals surface area (Å²) in [6.45, 7) is 0.568. The molecule has 0 spiro atoms. The maximum Gasteiger partial charge on any atom is 0.320 e. The predicted octanol–water partition coefficient (Wildman–Crippen LogP) is 2.75. The molecular formula is C12H12N4OS. The van der Waals surface area contributed by atoms with Gasteiger partial charge in [-0.1, -0.05) is 5.10 Å². The van der Waals surface area contributed by atoms with Crippen LogP contribution in [-0.4, -0.2) is 17.2 Å². The van der Waals surface area contributed by atoms with Crippen LogP contribution in [0.3, 0.4) is 0 Å². The Morgan fingerprint density at radius 2 is 2.22 bits per heavy atom. The first-order valence-electron chi connectivity index (χ1n) is 5.56. The van der Waals surface area contributed by atoms with Gasteiger partial charge in [0, 0.05) is 10.4 Å². The molecule has 0 atom stereocenters. The van der Waals surface area contributed by atoms with E-state index in [2.05, 4.69) is 44.4 Å². The van der Waals surface area contributed by atoms with Crippen molar-refractivity contribution in [2.75, 3.05) is 12.4 Å². The third-order valence-electron chi connectivity index (χ3n) is 2.50. The van der Waals surface area contributed by atoms with E-state index in [9.17, 15) is 0 Å². The largest absolute Gasteiger partial charge is 0.406 e. The van der Waals surface area contributed by atoms with Crippen LogP contribution in [0.15, 0.2) is 34.1 Å². The number of thiophene rings is 1. The fourth-order valence-corrected chi connectivity index (χ4v) is 2.47. The summed E-state index contributed by atoms with van der Waals surface area (Å²) in [5.74, 6) is 0.566. The zero-order valence-corrected chi connectivity index (χ0v) is 10.6. The van der Waals surface area contributed by atoms with Gasteiger partial charge in [-0.2, -0.15) is 0 Å². The highest BCUT2D eigenvalue weighted by molar-refractivity contribution is 7.17. The second-order valence-electron chi connectivity index (χ2n) is 3.83. The lowest BCUT2D eigenvalue weighted by molar-refractivity contribution is 0.493. The highest BCUT2D eigenvalue weighted by atomic mass is 32.1. The first kappa shape index (κ1) is 11.2. The fraction of sp³-hybridized carbons (Fsp3) is 0.167. The van der Waals surface area contributed by atoms with Crippen LogP contribution in [0.2, 0.25) is 0 Å². The third kappa shape index (κ3) is 2.20. The van der Waals surface area contributed by atoms with E-state index in [1.54, 1.807) is 11.3 Å². The average Bonchev–Trinajstić information content (AvgIpc) is 2.98. The smallest absolute Gasteiger partial charge is 0.320 e. The summed E-state index contributed by atoms with van der Waals surface area (Å²) >= 11 is 1.73. The van der Waals surface area contributed by atoms with Gasteiger partial charge in [0.15, 0.2) is 0 Å². The number of fused-ring (bicyclic) bond motifs is 1. The number of hydrogen-bond donors (Lipinski definition) is 2. The second-order valence-corrected chi connectivity index (χ2v) is 4.78. The Balaban J connectivity index is 1.81. The van der Waals surface area contributed by atoms with Crippen molar-refractivity contribution in [2.24, 2.45) is 0 Å². The molecular weight excluding hydrogens is 248 g/mol. The van der Waals surface area contributed by atoms with Crippen LogP contribution in [0.25, 0.3) is 10.1 Å². The lowest BCUT2D eigenvalue weighted by Gasteiger charge is -2.00. The Morgan fingerprint density at radius 3 is 3.11 bits per heavy atom. The lowest BCUT2D eigenvalue weighted by atomic mass is 10.2. The third-order valence-corrected chi connectivity index (χ3v) is 3.40. The molecule has 1 aromatic carbocycles.